The van der Waals surface area contributed by atoms with Crippen molar-refractivity contribution in [3.8, 4) is 0 Å². The first kappa shape index (κ1) is 10.6. The van der Waals surface area contributed by atoms with Crippen LogP contribution in [0.15, 0.2) is 35.2 Å². The normalized spacial score (nSPS) is 12.2. The van der Waals surface area contributed by atoms with Gasteiger partial charge in [-0.05, 0) is 12.1 Å². The van der Waals surface area contributed by atoms with Crippen LogP contribution in [0.5, 0.6) is 0 Å². The lowest BCUT2D eigenvalue weighted by Crippen LogP contribution is -2.34. The van der Waals surface area contributed by atoms with Gasteiger partial charge in [0.15, 0.2) is 0 Å². The Hall–Kier alpha value is -0.520. The number of amides is 1. The monoisotopic (exact) mass is 260 g/mol. The van der Waals surface area contributed by atoms with E-state index in [-0.39, 0.29) is 10.1 Å². The molecular formula is C8H9BrN2OS. The fraction of sp³-hybridized carbons (Fsp3) is 0.125. The van der Waals surface area contributed by atoms with E-state index >= 15 is 0 Å². The third-order valence-corrected chi connectivity index (χ3v) is 3.27. The lowest BCUT2D eigenvalue weighted by atomic mass is 10.4. The van der Waals surface area contributed by atoms with Crippen molar-refractivity contribution in [1.82, 2.24) is 5.43 Å². The number of nitrogens with one attached hydrogen (secondary N) is 1. The minimum Gasteiger partial charge on any atom is -0.293 e. The summed E-state index contributed by atoms with van der Waals surface area (Å²) < 4.78 is -0.347. The topological polar surface area (TPSA) is 55.1 Å². The molecule has 1 rings (SSSR count). The van der Waals surface area contributed by atoms with Crippen molar-refractivity contribution in [3.63, 3.8) is 0 Å². The molecule has 1 aromatic rings. The van der Waals surface area contributed by atoms with Crippen LogP contribution in [0, 0.1) is 0 Å². The first-order chi connectivity index (χ1) is 6.24. The van der Waals surface area contributed by atoms with Gasteiger partial charge in [0, 0.05) is 4.90 Å². The maximum Gasteiger partial charge on any atom is 0.258 e. The van der Waals surface area contributed by atoms with E-state index < -0.39 is 0 Å². The zero-order chi connectivity index (χ0) is 9.68. The molecule has 0 spiro atoms. The molecule has 0 radical (unpaired) electrons. The summed E-state index contributed by atoms with van der Waals surface area (Å²) >= 11 is 4.61. The van der Waals surface area contributed by atoms with Gasteiger partial charge in [0.2, 0.25) is 0 Å². The average molecular weight is 261 g/mol. The van der Waals surface area contributed by atoms with E-state index in [4.69, 9.17) is 5.84 Å². The van der Waals surface area contributed by atoms with Crippen LogP contribution in [-0.4, -0.2) is 10.1 Å². The van der Waals surface area contributed by atoms with E-state index in [9.17, 15) is 4.79 Å². The van der Waals surface area contributed by atoms with Gasteiger partial charge in [-0.25, -0.2) is 5.84 Å². The number of benzene rings is 1. The van der Waals surface area contributed by atoms with Crippen molar-refractivity contribution >= 4 is 33.6 Å². The number of carbonyl (C=O) groups excluding carboxylic acids is 1. The molecule has 0 bridgehead atoms. The molecule has 0 fully saturated rings. The predicted molar refractivity (Wildman–Crippen MR) is 57.3 cm³/mol. The summed E-state index contributed by atoms with van der Waals surface area (Å²) in [4.78, 5) is 12.0. The molecule has 1 atom stereocenters. The third-order valence-electron chi connectivity index (χ3n) is 1.33. The second-order valence-electron chi connectivity index (χ2n) is 2.26. The Morgan fingerprint density at radius 3 is 2.62 bits per heavy atom. The first-order valence-electron chi connectivity index (χ1n) is 3.60. The molecule has 0 saturated heterocycles. The quantitative estimate of drug-likeness (QED) is 0.285. The van der Waals surface area contributed by atoms with Gasteiger partial charge in [0.05, 0.1) is 0 Å². The van der Waals surface area contributed by atoms with Crippen molar-refractivity contribution < 1.29 is 4.79 Å². The van der Waals surface area contributed by atoms with Gasteiger partial charge in [0.25, 0.3) is 5.91 Å². The van der Waals surface area contributed by atoms with Gasteiger partial charge in [0.1, 0.15) is 4.16 Å². The minimum absolute atomic E-state index is 0.242. The Morgan fingerprint density at radius 1 is 1.46 bits per heavy atom. The van der Waals surface area contributed by atoms with Gasteiger partial charge in [-0.1, -0.05) is 34.1 Å². The second kappa shape index (κ2) is 5.26. The van der Waals surface area contributed by atoms with Gasteiger partial charge in [-0.2, -0.15) is 0 Å². The number of rotatable bonds is 3. The second-order valence-corrected chi connectivity index (χ2v) is 4.96. The molecule has 1 amide bonds. The smallest absolute Gasteiger partial charge is 0.258 e. The highest BCUT2D eigenvalue weighted by atomic mass is 79.9. The maximum absolute atomic E-state index is 11.0. The summed E-state index contributed by atoms with van der Waals surface area (Å²) in [5.74, 6) is 4.74. The maximum atomic E-state index is 11.0. The summed E-state index contributed by atoms with van der Waals surface area (Å²) in [6.07, 6.45) is 0. The Morgan fingerprint density at radius 2 is 2.08 bits per heavy atom. The summed E-state index contributed by atoms with van der Waals surface area (Å²) in [6.45, 7) is 0. The van der Waals surface area contributed by atoms with Crippen molar-refractivity contribution in [2.24, 2.45) is 5.84 Å². The average Bonchev–Trinajstić information content (AvgIpc) is 2.18. The van der Waals surface area contributed by atoms with Crippen LogP contribution in [0.1, 0.15) is 0 Å². The highest BCUT2D eigenvalue weighted by molar-refractivity contribution is 9.11. The Bertz CT molecular complexity index is 281. The zero-order valence-corrected chi connectivity index (χ0v) is 9.14. The number of alkyl halides is 1. The molecule has 0 saturated carbocycles. The molecule has 0 heterocycles. The molecule has 13 heavy (non-hydrogen) atoms. The zero-order valence-electron chi connectivity index (χ0n) is 6.74. The minimum atomic E-state index is -0.347. The predicted octanol–water partition coefficient (Wildman–Crippen LogP) is 1.49. The number of nitrogens with two attached hydrogens (primary N) is 1. The van der Waals surface area contributed by atoms with Crippen LogP contribution >= 0.6 is 27.7 Å². The molecule has 0 aromatic heterocycles. The van der Waals surface area contributed by atoms with Crippen LogP contribution in [0.2, 0.25) is 0 Å². The molecule has 3 nitrogen and oxygen atoms in total. The molecule has 3 N–H and O–H groups in total. The number of hydrogen-bond donors (Lipinski definition) is 2. The number of carbonyl (C=O) groups is 1. The SMILES string of the molecule is NNC(=O)C(Br)Sc1ccccc1. The third kappa shape index (κ3) is 3.38. The first-order valence-corrected chi connectivity index (χ1v) is 5.40. The Balaban J connectivity index is 2.55. The molecule has 0 aliphatic heterocycles. The number of halogens is 1. The fourth-order valence-electron chi connectivity index (χ4n) is 0.738. The van der Waals surface area contributed by atoms with Crippen molar-refractivity contribution in [3.05, 3.63) is 30.3 Å². The lowest BCUT2D eigenvalue weighted by Gasteiger charge is -2.06. The number of hydrazine groups is 1. The van der Waals surface area contributed by atoms with E-state index in [2.05, 4.69) is 21.4 Å². The summed E-state index contributed by atoms with van der Waals surface area (Å²) in [6, 6.07) is 9.63. The van der Waals surface area contributed by atoms with Crippen molar-refractivity contribution in [1.29, 1.82) is 0 Å². The van der Waals surface area contributed by atoms with Crippen LogP contribution in [0.25, 0.3) is 0 Å². The van der Waals surface area contributed by atoms with E-state index in [0.717, 1.165) is 4.90 Å². The molecule has 70 valence electrons. The highest BCUT2D eigenvalue weighted by Gasteiger charge is 2.13. The van der Waals surface area contributed by atoms with Crippen molar-refractivity contribution in [2.75, 3.05) is 0 Å². The molecular weight excluding hydrogens is 252 g/mol. The Kier molecular flexibility index (Phi) is 4.27. The van der Waals surface area contributed by atoms with Crippen LogP contribution < -0.4 is 11.3 Å². The lowest BCUT2D eigenvalue weighted by molar-refractivity contribution is -0.119. The van der Waals surface area contributed by atoms with Crippen LogP contribution in [0.3, 0.4) is 0 Å². The fourth-order valence-corrected chi connectivity index (χ4v) is 2.25. The molecule has 1 unspecified atom stereocenters. The van der Waals surface area contributed by atoms with E-state index in [1.54, 1.807) is 0 Å². The number of thioether (sulfide) groups is 1. The van der Waals surface area contributed by atoms with Gasteiger partial charge >= 0.3 is 0 Å². The molecule has 5 heteroatoms. The van der Waals surface area contributed by atoms with Gasteiger partial charge in [-0.15, -0.1) is 11.8 Å². The molecule has 1 aromatic carbocycles. The van der Waals surface area contributed by atoms with Crippen molar-refractivity contribution in [2.45, 2.75) is 9.05 Å². The number of hydrogen-bond acceptors (Lipinski definition) is 3. The van der Waals surface area contributed by atoms with Crippen LogP contribution in [-0.2, 0) is 4.79 Å². The van der Waals surface area contributed by atoms with E-state index in [1.165, 1.54) is 11.8 Å². The standard InChI is InChI=1S/C8H9BrN2OS/c9-7(8(12)11-10)13-6-4-2-1-3-5-6/h1-5,7H,10H2,(H,11,12). The molecule has 0 aliphatic carbocycles. The van der Waals surface area contributed by atoms with Gasteiger partial charge in [-0.3, -0.25) is 10.2 Å². The van der Waals surface area contributed by atoms with E-state index in [1.807, 2.05) is 30.3 Å². The summed E-state index contributed by atoms with van der Waals surface area (Å²) in [7, 11) is 0. The van der Waals surface area contributed by atoms with E-state index in [0.29, 0.717) is 0 Å². The highest BCUT2D eigenvalue weighted by Crippen LogP contribution is 2.26. The molecule has 0 aliphatic rings. The largest absolute Gasteiger partial charge is 0.293 e. The summed E-state index contributed by atoms with van der Waals surface area (Å²) in [5.41, 5.74) is 2.08. The van der Waals surface area contributed by atoms with Gasteiger partial charge < -0.3 is 0 Å². The summed E-state index contributed by atoms with van der Waals surface area (Å²) in [5, 5.41) is 0. The Labute approximate surface area is 89.2 Å². The van der Waals surface area contributed by atoms with Crippen LogP contribution in [0.4, 0.5) is 0 Å².